The van der Waals surface area contributed by atoms with Crippen LogP contribution in [0.25, 0.3) is 5.69 Å². The lowest BCUT2D eigenvalue weighted by Gasteiger charge is -2.23. The van der Waals surface area contributed by atoms with Crippen molar-refractivity contribution in [1.82, 2.24) is 25.2 Å². The summed E-state index contributed by atoms with van der Waals surface area (Å²) < 4.78 is 0. The molecule has 2 aromatic rings. The van der Waals surface area contributed by atoms with Crippen molar-refractivity contribution in [2.24, 2.45) is 5.92 Å². The number of hydrogen-bond acceptors (Lipinski definition) is 4. The molecule has 1 amide bonds. The Kier molecular flexibility index (Phi) is 6.56. The molecule has 6 nitrogen and oxygen atoms in total. The standard InChI is InChI=1S/C18H26ClN5O/c1-12(2)9-15(11-23(4)5)20-18(25)17-13(3)21-24(22-17)16-8-6-7-14(19)10-16/h6-8,10,12,15H,9,11H2,1-5H3,(H,20,25). The maximum atomic E-state index is 12.7. The summed E-state index contributed by atoms with van der Waals surface area (Å²) in [6.45, 7) is 6.86. The average Bonchev–Trinajstić information content (AvgIpc) is 2.88. The predicted molar refractivity (Wildman–Crippen MR) is 100 cm³/mol. The molecule has 1 aromatic carbocycles. The summed E-state index contributed by atoms with van der Waals surface area (Å²) in [6.07, 6.45) is 0.908. The Morgan fingerprint density at radius 3 is 2.64 bits per heavy atom. The van der Waals surface area contributed by atoms with Crippen LogP contribution in [0.5, 0.6) is 0 Å². The van der Waals surface area contributed by atoms with E-state index in [1.807, 2.05) is 26.2 Å². The lowest BCUT2D eigenvalue weighted by atomic mass is 10.0. The molecule has 25 heavy (non-hydrogen) atoms. The molecule has 0 saturated heterocycles. The second-order valence-electron chi connectivity index (χ2n) is 6.97. The van der Waals surface area contributed by atoms with Crippen molar-refractivity contribution in [2.75, 3.05) is 20.6 Å². The van der Waals surface area contributed by atoms with E-state index in [1.54, 1.807) is 19.1 Å². The highest BCUT2D eigenvalue weighted by molar-refractivity contribution is 6.30. The van der Waals surface area contributed by atoms with Crippen molar-refractivity contribution in [3.8, 4) is 5.69 Å². The third-order valence-corrected chi connectivity index (χ3v) is 3.95. The normalized spacial score (nSPS) is 12.6. The van der Waals surface area contributed by atoms with E-state index in [0.717, 1.165) is 18.7 Å². The Labute approximate surface area is 154 Å². The molecule has 7 heteroatoms. The first-order valence-corrected chi connectivity index (χ1v) is 8.79. The van der Waals surface area contributed by atoms with Gasteiger partial charge < -0.3 is 10.2 Å². The number of nitrogens with one attached hydrogen (secondary N) is 1. The van der Waals surface area contributed by atoms with Crippen molar-refractivity contribution >= 4 is 17.5 Å². The Morgan fingerprint density at radius 2 is 2.04 bits per heavy atom. The molecule has 1 aromatic heterocycles. The molecular weight excluding hydrogens is 338 g/mol. The number of benzene rings is 1. The highest BCUT2D eigenvalue weighted by Crippen LogP contribution is 2.15. The SMILES string of the molecule is Cc1nn(-c2cccc(Cl)c2)nc1C(=O)NC(CC(C)C)CN(C)C. The number of carbonyl (C=O) groups excluding carboxylic acids is 1. The minimum Gasteiger partial charge on any atom is -0.347 e. The van der Waals surface area contributed by atoms with Crippen LogP contribution in [0.2, 0.25) is 5.02 Å². The maximum absolute atomic E-state index is 12.7. The fourth-order valence-corrected chi connectivity index (χ4v) is 2.93. The van der Waals surface area contributed by atoms with Crippen LogP contribution < -0.4 is 5.32 Å². The van der Waals surface area contributed by atoms with Crippen LogP contribution in [0.15, 0.2) is 24.3 Å². The molecule has 1 unspecified atom stereocenters. The zero-order valence-electron chi connectivity index (χ0n) is 15.5. The van der Waals surface area contributed by atoms with Crippen LogP contribution in [0.1, 0.15) is 36.5 Å². The predicted octanol–water partition coefficient (Wildman–Crippen LogP) is 2.94. The molecule has 136 valence electrons. The molecule has 0 radical (unpaired) electrons. The van der Waals surface area contributed by atoms with E-state index < -0.39 is 0 Å². The lowest BCUT2D eigenvalue weighted by molar-refractivity contribution is 0.0918. The van der Waals surface area contributed by atoms with Crippen molar-refractivity contribution in [2.45, 2.75) is 33.2 Å². The van der Waals surface area contributed by atoms with Gasteiger partial charge in [0.2, 0.25) is 0 Å². The van der Waals surface area contributed by atoms with Crippen molar-refractivity contribution < 1.29 is 4.79 Å². The van der Waals surface area contributed by atoms with Crippen LogP contribution in [0, 0.1) is 12.8 Å². The third kappa shape index (κ3) is 5.54. The molecule has 1 heterocycles. The fraction of sp³-hybridized carbons (Fsp3) is 0.500. The summed E-state index contributed by atoms with van der Waals surface area (Å²) in [4.78, 5) is 16.2. The summed E-state index contributed by atoms with van der Waals surface area (Å²) in [5, 5.41) is 12.4. The molecule has 0 spiro atoms. The smallest absolute Gasteiger partial charge is 0.274 e. The summed E-state index contributed by atoms with van der Waals surface area (Å²) in [5.74, 6) is 0.298. The maximum Gasteiger partial charge on any atom is 0.274 e. The first-order chi connectivity index (χ1) is 11.8. The van der Waals surface area contributed by atoms with Gasteiger partial charge in [-0.05, 0) is 51.6 Å². The van der Waals surface area contributed by atoms with E-state index in [0.29, 0.717) is 22.3 Å². The molecule has 1 atom stereocenters. The van der Waals surface area contributed by atoms with E-state index in [9.17, 15) is 4.79 Å². The Hall–Kier alpha value is -1.92. The Bertz CT molecular complexity index is 716. The number of amides is 1. The van der Waals surface area contributed by atoms with Gasteiger partial charge in [-0.2, -0.15) is 9.90 Å². The molecule has 1 N–H and O–H groups in total. The van der Waals surface area contributed by atoms with Crippen molar-refractivity contribution in [1.29, 1.82) is 0 Å². The third-order valence-electron chi connectivity index (χ3n) is 3.71. The number of nitrogens with zero attached hydrogens (tertiary/aromatic N) is 4. The molecule has 0 aliphatic carbocycles. The van der Waals surface area contributed by atoms with Crippen LogP contribution in [0.4, 0.5) is 0 Å². The van der Waals surface area contributed by atoms with Gasteiger partial charge in [-0.1, -0.05) is 31.5 Å². The van der Waals surface area contributed by atoms with Gasteiger partial charge >= 0.3 is 0 Å². The van der Waals surface area contributed by atoms with Gasteiger partial charge in [0.1, 0.15) is 0 Å². The van der Waals surface area contributed by atoms with Gasteiger partial charge in [0.05, 0.1) is 11.4 Å². The highest BCUT2D eigenvalue weighted by atomic mass is 35.5. The van der Waals surface area contributed by atoms with E-state index in [2.05, 4.69) is 34.3 Å². The zero-order valence-corrected chi connectivity index (χ0v) is 16.2. The quantitative estimate of drug-likeness (QED) is 0.821. The Morgan fingerprint density at radius 1 is 1.32 bits per heavy atom. The number of likely N-dealkylation sites (N-methyl/N-ethyl adjacent to an activating group) is 1. The van der Waals surface area contributed by atoms with Crippen LogP contribution in [0.3, 0.4) is 0 Å². The second-order valence-corrected chi connectivity index (χ2v) is 7.40. The van der Waals surface area contributed by atoms with E-state index in [4.69, 9.17) is 11.6 Å². The number of carbonyl (C=O) groups is 1. The van der Waals surface area contributed by atoms with Gasteiger partial charge in [-0.25, -0.2) is 0 Å². The van der Waals surface area contributed by atoms with Gasteiger partial charge in [0, 0.05) is 17.6 Å². The topological polar surface area (TPSA) is 63.1 Å². The average molecular weight is 364 g/mol. The molecule has 0 aliphatic rings. The van der Waals surface area contributed by atoms with Crippen molar-refractivity contribution in [3.05, 3.63) is 40.7 Å². The first kappa shape index (κ1) is 19.4. The molecule has 0 fully saturated rings. The number of hydrogen-bond donors (Lipinski definition) is 1. The lowest BCUT2D eigenvalue weighted by Crippen LogP contribution is -2.42. The molecule has 2 rings (SSSR count). The largest absolute Gasteiger partial charge is 0.347 e. The first-order valence-electron chi connectivity index (χ1n) is 8.41. The minimum absolute atomic E-state index is 0.0678. The molecule has 0 saturated carbocycles. The summed E-state index contributed by atoms with van der Waals surface area (Å²) >= 11 is 6.02. The van der Waals surface area contributed by atoms with Crippen LogP contribution >= 0.6 is 11.6 Å². The van der Waals surface area contributed by atoms with E-state index in [1.165, 1.54) is 4.80 Å². The second kappa shape index (κ2) is 8.45. The fourth-order valence-electron chi connectivity index (χ4n) is 2.75. The molecule has 0 aliphatic heterocycles. The van der Waals surface area contributed by atoms with Gasteiger partial charge in [0.15, 0.2) is 5.69 Å². The minimum atomic E-state index is -0.196. The summed E-state index contributed by atoms with van der Waals surface area (Å²) in [5.41, 5.74) is 1.65. The van der Waals surface area contributed by atoms with Crippen LogP contribution in [-0.4, -0.2) is 52.5 Å². The molecular formula is C18H26ClN5O. The highest BCUT2D eigenvalue weighted by Gasteiger charge is 2.21. The van der Waals surface area contributed by atoms with E-state index >= 15 is 0 Å². The number of rotatable bonds is 7. The Balaban J connectivity index is 2.18. The van der Waals surface area contributed by atoms with Crippen LogP contribution in [-0.2, 0) is 0 Å². The monoisotopic (exact) mass is 363 g/mol. The summed E-state index contributed by atoms with van der Waals surface area (Å²) in [6, 6.07) is 7.29. The zero-order chi connectivity index (χ0) is 18.6. The summed E-state index contributed by atoms with van der Waals surface area (Å²) in [7, 11) is 4.00. The van der Waals surface area contributed by atoms with Crippen molar-refractivity contribution in [3.63, 3.8) is 0 Å². The van der Waals surface area contributed by atoms with Gasteiger partial charge in [0.25, 0.3) is 5.91 Å². The van der Waals surface area contributed by atoms with Gasteiger partial charge in [-0.3, -0.25) is 4.79 Å². The number of halogens is 1. The van der Waals surface area contributed by atoms with E-state index in [-0.39, 0.29) is 11.9 Å². The number of aryl methyl sites for hydroxylation is 1. The van der Waals surface area contributed by atoms with Gasteiger partial charge in [-0.15, -0.1) is 5.10 Å². The number of aromatic nitrogens is 3. The molecule has 0 bridgehead atoms.